The molecule has 2 unspecified atom stereocenters. The molecule has 0 aromatic carbocycles. The van der Waals surface area contributed by atoms with E-state index in [1.807, 2.05) is 27.7 Å². The van der Waals surface area contributed by atoms with Gasteiger partial charge in [-0.15, -0.1) is 0 Å². The maximum atomic E-state index is 2.40. The molecule has 0 saturated heterocycles. The van der Waals surface area contributed by atoms with Crippen molar-refractivity contribution in [2.75, 3.05) is 0 Å². The van der Waals surface area contributed by atoms with Crippen LogP contribution >= 0.6 is 0 Å². The number of rotatable bonds is 1. The third-order valence-corrected chi connectivity index (χ3v) is 2.50. The Labute approximate surface area is 91.8 Å². The molecule has 0 radical (unpaired) electrons. The average Bonchev–Trinajstić information content (AvgIpc) is 2.24. The molecule has 14 heavy (non-hydrogen) atoms. The van der Waals surface area contributed by atoms with Crippen LogP contribution in [-0.4, -0.2) is 0 Å². The van der Waals surface area contributed by atoms with Gasteiger partial charge in [0.25, 0.3) is 0 Å². The molecule has 2 atom stereocenters. The van der Waals surface area contributed by atoms with Gasteiger partial charge in [-0.1, -0.05) is 60.6 Å². The molecule has 86 valence electrons. The molecule has 0 aromatic heterocycles. The first-order valence-electron chi connectivity index (χ1n) is 6.38. The summed E-state index contributed by atoms with van der Waals surface area (Å²) in [4.78, 5) is 0. The van der Waals surface area contributed by atoms with Gasteiger partial charge in [-0.25, -0.2) is 0 Å². The number of hydrogen-bond donors (Lipinski definition) is 0. The zero-order valence-electron chi connectivity index (χ0n) is 11.3. The summed E-state index contributed by atoms with van der Waals surface area (Å²) >= 11 is 0. The highest BCUT2D eigenvalue weighted by atomic mass is 14.2. The van der Waals surface area contributed by atoms with Gasteiger partial charge in [-0.05, 0) is 30.6 Å². The van der Waals surface area contributed by atoms with Crippen LogP contribution in [0.25, 0.3) is 0 Å². The van der Waals surface area contributed by atoms with Crippen LogP contribution < -0.4 is 0 Å². The van der Waals surface area contributed by atoms with Gasteiger partial charge in [-0.3, -0.25) is 0 Å². The predicted octanol–water partition coefficient (Wildman–Crippen LogP) is 5.30. The molecule has 0 heteroatoms. The van der Waals surface area contributed by atoms with Crippen LogP contribution in [0, 0.1) is 17.8 Å². The molecule has 0 spiro atoms. The van der Waals surface area contributed by atoms with E-state index in [1.54, 1.807) is 0 Å². The minimum atomic E-state index is 0.829. The summed E-state index contributed by atoms with van der Waals surface area (Å²) in [6, 6.07) is 0. The van der Waals surface area contributed by atoms with E-state index in [-0.39, 0.29) is 0 Å². The lowest BCUT2D eigenvalue weighted by Gasteiger charge is -2.22. The van der Waals surface area contributed by atoms with Crippen LogP contribution in [0.15, 0.2) is 12.2 Å². The Morgan fingerprint density at radius 1 is 0.929 bits per heavy atom. The molecule has 0 aliphatic heterocycles. The molecule has 0 saturated carbocycles. The van der Waals surface area contributed by atoms with Crippen LogP contribution in [0.2, 0.25) is 0 Å². The van der Waals surface area contributed by atoms with Gasteiger partial charge in [0.2, 0.25) is 0 Å². The quantitative estimate of drug-likeness (QED) is 0.502. The molecule has 1 aliphatic carbocycles. The highest BCUT2D eigenvalue weighted by molar-refractivity contribution is 4.97. The molecule has 0 aromatic rings. The average molecular weight is 198 g/mol. The summed E-state index contributed by atoms with van der Waals surface area (Å²) in [6.45, 7) is 14.9. The van der Waals surface area contributed by atoms with Gasteiger partial charge in [0, 0.05) is 0 Å². The first-order valence-corrected chi connectivity index (χ1v) is 6.38. The first-order chi connectivity index (χ1) is 6.70. The summed E-state index contributed by atoms with van der Waals surface area (Å²) < 4.78 is 0. The van der Waals surface area contributed by atoms with E-state index < -0.39 is 0 Å². The lowest BCUT2D eigenvalue weighted by molar-refractivity contribution is 0.383. The van der Waals surface area contributed by atoms with E-state index in [9.17, 15) is 0 Å². The summed E-state index contributed by atoms with van der Waals surface area (Å²) in [5.41, 5.74) is 0. The Morgan fingerprint density at radius 2 is 1.43 bits per heavy atom. The Bertz CT molecular complexity index is 122. The van der Waals surface area contributed by atoms with Gasteiger partial charge < -0.3 is 0 Å². The maximum absolute atomic E-state index is 2.40. The summed E-state index contributed by atoms with van der Waals surface area (Å²) in [6.07, 6.45) is 7.56. The van der Waals surface area contributed by atoms with Crippen molar-refractivity contribution in [1.29, 1.82) is 0 Å². The van der Waals surface area contributed by atoms with Gasteiger partial charge in [0.15, 0.2) is 0 Å². The highest BCUT2D eigenvalue weighted by Gasteiger charge is 2.14. The van der Waals surface area contributed by atoms with E-state index in [1.165, 1.54) is 12.8 Å². The highest BCUT2D eigenvalue weighted by Crippen LogP contribution is 2.26. The second-order valence-corrected chi connectivity index (χ2v) is 3.85. The predicted molar refractivity (Wildman–Crippen MR) is 68.6 cm³/mol. The molecule has 1 aliphatic rings. The van der Waals surface area contributed by atoms with Crippen molar-refractivity contribution < 1.29 is 0 Å². The van der Waals surface area contributed by atoms with Crippen molar-refractivity contribution in [2.45, 2.75) is 61.3 Å². The van der Waals surface area contributed by atoms with Crippen LogP contribution in [0.1, 0.15) is 61.3 Å². The minimum absolute atomic E-state index is 0.829. The van der Waals surface area contributed by atoms with Gasteiger partial charge >= 0.3 is 0 Å². The second-order valence-electron chi connectivity index (χ2n) is 3.85. The monoisotopic (exact) mass is 198 g/mol. The Kier molecular flexibility index (Phi) is 12.5. The molecular formula is C14H30. The summed E-state index contributed by atoms with van der Waals surface area (Å²) in [5, 5.41) is 0. The van der Waals surface area contributed by atoms with E-state index in [0.29, 0.717) is 0 Å². The normalized spacial score (nSPS) is 24.6. The lowest BCUT2D eigenvalue weighted by Crippen LogP contribution is -2.11. The molecule has 0 N–H and O–H groups in total. The topological polar surface area (TPSA) is 0 Å². The summed E-state index contributed by atoms with van der Waals surface area (Å²) in [7, 11) is 0. The number of hydrogen-bond acceptors (Lipinski definition) is 0. The van der Waals surface area contributed by atoms with Crippen LogP contribution in [-0.2, 0) is 0 Å². The van der Waals surface area contributed by atoms with Crippen molar-refractivity contribution in [3.63, 3.8) is 0 Å². The Morgan fingerprint density at radius 3 is 1.71 bits per heavy atom. The van der Waals surface area contributed by atoms with Gasteiger partial charge in [-0.2, -0.15) is 0 Å². The molecule has 0 bridgehead atoms. The smallest absolute Gasteiger partial charge is 0.0210 e. The van der Waals surface area contributed by atoms with E-state index in [2.05, 4.69) is 32.9 Å². The van der Waals surface area contributed by atoms with Crippen molar-refractivity contribution in [3.05, 3.63) is 12.2 Å². The lowest BCUT2D eigenvalue weighted by atomic mass is 9.83. The van der Waals surface area contributed by atoms with Crippen LogP contribution in [0.4, 0.5) is 0 Å². The van der Waals surface area contributed by atoms with Crippen LogP contribution in [0.3, 0.4) is 0 Å². The largest absolute Gasteiger partial charge is 0.0854 e. The molecule has 0 amide bonds. The van der Waals surface area contributed by atoms with Gasteiger partial charge in [0.05, 0.1) is 0 Å². The zero-order chi connectivity index (χ0) is 11.6. The number of allylic oxidation sites excluding steroid dienone is 2. The standard InChI is InChI=1S/C10H18.2C2H6/c1-8(2)10-6-4-9(3)5-7-10;2*1-2/h4,6,8-10H,5,7H2,1-3H3;2*1-2H3. The Hall–Kier alpha value is -0.260. The van der Waals surface area contributed by atoms with Crippen molar-refractivity contribution in [2.24, 2.45) is 17.8 Å². The minimum Gasteiger partial charge on any atom is -0.0854 e. The molecule has 0 nitrogen and oxygen atoms in total. The zero-order valence-corrected chi connectivity index (χ0v) is 11.3. The molecule has 0 fully saturated rings. The Balaban J connectivity index is 0. The fourth-order valence-electron chi connectivity index (χ4n) is 1.54. The third-order valence-electron chi connectivity index (χ3n) is 2.50. The van der Waals surface area contributed by atoms with Crippen molar-refractivity contribution >= 4 is 0 Å². The summed E-state index contributed by atoms with van der Waals surface area (Å²) in [5.74, 6) is 2.52. The maximum Gasteiger partial charge on any atom is -0.0210 e. The SMILES string of the molecule is CC.CC.CC1C=CC(C(C)C)CC1. The van der Waals surface area contributed by atoms with Gasteiger partial charge in [0.1, 0.15) is 0 Å². The molecule has 1 rings (SSSR count). The van der Waals surface area contributed by atoms with E-state index in [4.69, 9.17) is 0 Å². The fraction of sp³-hybridized carbons (Fsp3) is 0.857. The van der Waals surface area contributed by atoms with Crippen molar-refractivity contribution in [1.82, 2.24) is 0 Å². The molecular weight excluding hydrogens is 168 g/mol. The third kappa shape index (κ3) is 7.17. The van der Waals surface area contributed by atoms with Crippen LogP contribution in [0.5, 0.6) is 0 Å². The van der Waals surface area contributed by atoms with E-state index in [0.717, 1.165) is 17.8 Å². The fourth-order valence-corrected chi connectivity index (χ4v) is 1.54. The second kappa shape index (κ2) is 10.8. The first kappa shape index (κ1) is 16.2. The van der Waals surface area contributed by atoms with Crippen molar-refractivity contribution in [3.8, 4) is 0 Å². The molecule has 0 heterocycles. The van der Waals surface area contributed by atoms with E-state index >= 15 is 0 Å².